The van der Waals surface area contributed by atoms with Gasteiger partial charge >= 0.3 is 6.92 Å². The average Bonchev–Trinajstić information content (AvgIpc) is 2.78. The van der Waals surface area contributed by atoms with Crippen molar-refractivity contribution in [3.63, 3.8) is 0 Å². The van der Waals surface area contributed by atoms with E-state index >= 15 is 0 Å². The second-order valence-corrected chi connectivity index (χ2v) is 6.39. The summed E-state index contributed by atoms with van der Waals surface area (Å²) in [6.07, 6.45) is 2.89. The zero-order chi connectivity index (χ0) is 13.0. The Balaban J connectivity index is 2.03. The largest absolute Gasteiger partial charge is 0.465 e. The summed E-state index contributed by atoms with van der Waals surface area (Å²) in [5.41, 5.74) is 2.20. The third-order valence-electron chi connectivity index (χ3n) is 4.62. The van der Waals surface area contributed by atoms with Gasteiger partial charge in [0.05, 0.1) is 11.9 Å². The summed E-state index contributed by atoms with van der Waals surface area (Å²) in [6.45, 7) is 9.04. The van der Waals surface area contributed by atoms with Crippen LogP contribution < -0.4 is 5.46 Å². The van der Waals surface area contributed by atoms with E-state index in [9.17, 15) is 0 Å². The van der Waals surface area contributed by atoms with Crippen molar-refractivity contribution >= 4 is 23.3 Å². The predicted octanol–water partition coefficient (Wildman–Crippen LogP) is 3.47. The van der Waals surface area contributed by atoms with Gasteiger partial charge in [0.1, 0.15) is 5.58 Å². The van der Waals surface area contributed by atoms with Crippen molar-refractivity contribution in [2.45, 2.75) is 39.6 Å². The zero-order valence-electron chi connectivity index (χ0n) is 11.5. The van der Waals surface area contributed by atoms with E-state index in [1.165, 1.54) is 10.8 Å². The average molecular weight is 242 g/mol. The van der Waals surface area contributed by atoms with Crippen LogP contribution in [0.1, 0.15) is 27.7 Å². The normalized spacial score (nSPS) is 21.7. The lowest BCUT2D eigenvalue weighted by atomic mass is 9.54. The lowest BCUT2D eigenvalue weighted by Gasteiger charge is -2.34. The molecule has 0 unspecified atom stereocenters. The van der Waals surface area contributed by atoms with Crippen LogP contribution in [0.3, 0.4) is 0 Å². The summed E-state index contributed by atoms with van der Waals surface area (Å²) in [7, 11) is 0. The smallest absolute Gasteiger partial charge is 0.331 e. The van der Waals surface area contributed by atoms with Crippen LogP contribution in [0.5, 0.6) is 0 Å². The summed E-state index contributed by atoms with van der Waals surface area (Å²) in [5, 5.41) is 1.18. The fourth-order valence-electron chi connectivity index (χ4n) is 2.69. The van der Waals surface area contributed by atoms with Gasteiger partial charge in [-0.3, -0.25) is 0 Å². The first kappa shape index (κ1) is 11.9. The van der Waals surface area contributed by atoms with Crippen LogP contribution in [0.15, 0.2) is 34.9 Å². The van der Waals surface area contributed by atoms with E-state index in [0.29, 0.717) is 0 Å². The molecule has 1 fully saturated rings. The Morgan fingerprint density at radius 3 is 2.50 bits per heavy atom. The minimum Gasteiger partial charge on any atom is -0.465 e. The molecule has 2 heterocycles. The maximum Gasteiger partial charge on any atom is 0.331 e. The molecule has 1 aliphatic heterocycles. The summed E-state index contributed by atoms with van der Waals surface area (Å²) in [5.74, 6) is 0. The van der Waals surface area contributed by atoms with Crippen molar-refractivity contribution in [1.29, 1.82) is 0 Å². The number of rotatable bonds is 1. The van der Waals surface area contributed by atoms with Gasteiger partial charge in [0.25, 0.3) is 0 Å². The summed E-state index contributed by atoms with van der Waals surface area (Å²) in [4.78, 5) is 0. The summed E-state index contributed by atoms with van der Waals surface area (Å²) in [6, 6.07) is 8.16. The van der Waals surface area contributed by atoms with Gasteiger partial charge in [-0.2, -0.15) is 0 Å². The Labute approximate surface area is 108 Å². The minimum atomic E-state index is -0.101. The van der Waals surface area contributed by atoms with E-state index in [2.05, 4.69) is 33.8 Å². The molecule has 1 saturated heterocycles. The molecular formula is C15H19BO2. The molecule has 0 atom stereocenters. The number of hydrogen-bond donors (Lipinski definition) is 0. The molecule has 3 heteroatoms. The monoisotopic (exact) mass is 242 g/mol. The van der Waals surface area contributed by atoms with Crippen LogP contribution in [0.25, 0.3) is 11.0 Å². The van der Waals surface area contributed by atoms with Crippen molar-refractivity contribution in [3.8, 4) is 0 Å². The van der Waals surface area contributed by atoms with Crippen LogP contribution in [0, 0.1) is 5.41 Å². The van der Waals surface area contributed by atoms with Gasteiger partial charge in [-0.25, -0.2) is 0 Å². The second kappa shape index (κ2) is 3.64. The van der Waals surface area contributed by atoms with Gasteiger partial charge in [0, 0.05) is 5.39 Å². The molecule has 0 saturated carbocycles. The molecule has 0 spiro atoms. The van der Waals surface area contributed by atoms with Crippen LogP contribution >= 0.6 is 0 Å². The molecule has 1 aliphatic rings. The van der Waals surface area contributed by atoms with Gasteiger partial charge in [0.15, 0.2) is 0 Å². The van der Waals surface area contributed by atoms with Gasteiger partial charge in [-0.15, -0.1) is 0 Å². The van der Waals surface area contributed by atoms with E-state index in [4.69, 9.17) is 9.07 Å². The molecule has 1 aromatic heterocycles. The first-order valence-corrected chi connectivity index (χ1v) is 6.55. The number of hydrogen-bond acceptors (Lipinski definition) is 2. The van der Waals surface area contributed by atoms with Crippen LogP contribution in [0.2, 0.25) is 6.32 Å². The predicted molar refractivity (Wildman–Crippen MR) is 75.4 cm³/mol. The van der Waals surface area contributed by atoms with Crippen molar-refractivity contribution in [3.05, 3.63) is 30.5 Å². The molecule has 0 bridgehead atoms. The van der Waals surface area contributed by atoms with Crippen molar-refractivity contribution in [2.75, 3.05) is 0 Å². The Kier molecular flexibility index (Phi) is 2.40. The third kappa shape index (κ3) is 1.61. The molecule has 1 aromatic carbocycles. The maximum atomic E-state index is 6.26. The van der Waals surface area contributed by atoms with Crippen LogP contribution in [-0.2, 0) is 4.65 Å². The van der Waals surface area contributed by atoms with E-state index in [1.54, 1.807) is 0 Å². The van der Waals surface area contributed by atoms with Gasteiger partial charge in [0.2, 0.25) is 0 Å². The topological polar surface area (TPSA) is 22.4 Å². The quantitative estimate of drug-likeness (QED) is 0.714. The Hall–Kier alpha value is -1.22. The second-order valence-electron chi connectivity index (χ2n) is 6.39. The number of furan rings is 1. The molecule has 0 N–H and O–H groups in total. The minimum absolute atomic E-state index is 0.101. The fourth-order valence-corrected chi connectivity index (χ4v) is 2.69. The number of fused-ring (bicyclic) bond motifs is 1. The highest BCUT2D eigenvalue weighted by Crippen LogP contribution is 2.45. The zero-order valence-corrected chi connectivity index (χ0v) is 11.5. The molecular weight excluding hydrogens is 223 g/mol. The standard InChI is InChI=1S/C15H19BO2/c1-14(2)10-16(18-15(14,3)4)12-9-17-13-8-6-5-7-11(12)13/h5-9H,10H2,1-4H3. The lowest BCUT2D eigenvalue weighted by molar-refractivity contribution is 0.0375. The highest BCUT2D eigenvalue weighted by molar-refractivity contribution is 6.70. The number of para-hydroxylation sites is 1. The molecule has 0 aliphatic carbocycles. The SMILES string of the molecule is CC1(C)CB(c2coc3ccccc23)OC1(C)C. The van der Waals surface area contributed by atoms with E-state index in [-0.39, 0.29) is 17.9 Å². The van der Waals surface area contributed by atoms with E-state index in [1.807, 2.05) is 24.5 Å². The molecule has 0 radical (unpaired) electrons. The maximum absolute atomic E-state index is 6.26. The fraction of sp³-hybridized carbons (Fsp3) is 0.467. The van der Waals surface area contributed by atoms with Gasteiger partial charge in [-0.1, -0.05) is 32.0 Å². The molecule has 94 valence electrons. The molecule has 18 heavy (non-hydrogen) atoms. The first-order chi connectivity index (χ1) is 8.41. The highest BCUT2D eigenvalue weighted by Gasteiger charge is 2.50. The van der Waals surface area contributed by atoms with Gasteiger partial charge < -0.3 is 9.07 Å². The van der Waals surface area contributed by atoms with Crippen molar-refractivity contribution in [1.82, 2.24) is 0 Å². The summed E-state index contributed by atoms with van der Waals surface area (Å²) < 4.78 is 11.9. The molecule has 2 nitrogen and oxygen atoms in total. The number of benzene rings is 1. The third-order valence-corrected chi connectivity index (χ3v) is 4.62. The first-order valence-electron chi connectivity index (χ1n) is 6.55. The van der Waals surface area contributed by atoms with Gasteiger partial charge in [-0.05, 0) is 37.1 Å². The Morgan fingerprint density at radius 1 is 1.11 bits per heavy atom. The van der Waals surface area contributed by atoms with E-state index < -0.39 is 0 Å². The van der Waals surface area contributed by atoms with Crippen LogP contribution in [0.4, 0.5) is 0 Å². The Bertz CT molecular complexity index is 567. The van der Waals surface area contributed by atoms with E-state index in [0.717, 1.165) is 11.9 Å². The Morgan fingerprint density at radius 2 is 1.83 bits per heavy atom. The lowest BCUT2D eigenvalue weighted by Crippen LogP contribution is -2.35. The highest BCUT2D eigenvalue weighted by atomic mass is 16.5. The molecule has 2 aromatic rings. The summed E-state index contributed by atoms with van der Waals surface area (Å²) >= 11 is 0. The van der Waals surface area contributed by atoms with Crippen molar-refractivity contribution < 1.29 is 9.07 Å². The van der Waals surface area contributed by atoms with Crippen molar-refractivity contribution in [2.24, 2.45) is 5.41 Å². The van der Waals surface area contributed by atoms with Crippen LogP contribution in [-0.4, -0.2) is 12.5 Å². The molecule has 0 amide bonds. The molecule has 3 rings (SSSR count).